The lowest BCUT2D eigenvalue weighted by atomic mass is 9.90. The summed E-state index contributed by atoms with van der Waals surface area (Å²) in [7, 11) is 0. The number of piperidine rings is 1. The van der Waals surface area contributed by atoms with Crippen molar-refractivity contribution >= 4 is 64.0 Å². The number of hydrazone groups is 1. The molecule has 0 unspecified atom stereocenters. The van der Waals surface area contributed by atoms with Crippen LogP contribution in [-0.2, 0) is 12.8 Å². The lowest BCUT2D eigenvalue weighted by Gasteiger charge is -2.32. The van der Waals surface area contributed by atoms with Crippen molar-refractivity contribution in [3.05, 3.63) is 136 Å². The molecule has 0 atom stereocenters. The molecule has 7 rings (SSSR count). The number of nitrogens with zero attached hydrogens (tertiary/aromatic N) is 6. The fraction of sp³-hybridized carbons (Fsp3) is 0.211. The van der Waals surface area contributed by atoms with Crippen molar-refractivity contribution in [2.45, 2.75) is 32.6 Å². The van der Waals surface area contributed by atoms with E-state index in [-0.39, 0.29) is 0 Å². The Kier molecular flexibility index (Phi) is 9.54. The van der Waals surface area contributed by atoms with Crippen molar-refractivity contribution in [2.24, 2.45) is 11.0 Å². The zero-order chi connectivity index (χ0) is 32.9. The molecule has 1 saturated heterocycles. The van der Waals surface area contributed by atoms with Gasteiger partial charge in [-0.2, -0.15) is 20.1 Å². The Morgan fingerprint density at radius 3 is 2.38 bits per heavy atom. The highest BCUT2D eigenvalue weighted by atomic mass is 35.5. The van der Waals surface area contributed by atoms with Gasteiger partial charge < -0.3 is 14.8 Å². The molecule has 8 nitrogen and oxygen atoms in total. The minimum absolute atomic E-state index is 0.363. The maximum absolute atomic E-state index is 6.51. The summed E-state index contributed by atoms with van der Waals surface area (Å²) in [5.74, 6) is 2.09. The number of rotatable bonds is 10. The predicted molar refractivity (Wildman–Crippen MR) is 198 cm³/mol. The van der Waals surface area contributed by atoms with E-state index < -0.39 is 0 Å². The number of fused-ring (bicyclic) bond motifs is 1. The average molecular weight is 676 g/mol. The first-order valence-electron chi connectivity index (χ1n) is 16.2. The Morgan fingerprint density at radius 1 is 0.833 bits per heavy atom. The normalized spacial score (nSPS) is 13.8. The molecule has 0 amide bonds. The number of hydrogen-bond acceptors (Lipinski definition) is 7. The van der Waals surface area contributed by atoms with Crippen LogP contribution in [0.1, 0.15) is 35.1 Å². The van der Waals surface area contributed by atoms with Gasteiger partial charge in [-0.1, -0.05) is 95.5 Å². The maximum atomic E-state index is 6.51. The number of halogens is 2. The summed E-state index contributed by atoms with van der Waals surface area (Å²) in [5, 5.41) is 10.3. The first-order valence-corrected chi connectivity index (χ1v) is 16.9. The van der Waals surface area contributed by atoms with E-state index in [1.54, 1.807) is 12.4 Å². The Bertz CT molecular complexity index is 2030. The van der Waals surface area contributed by atoms with Crippen LogP contribution in [0.3, 0.4) is 0 Å². The molecule has 2 aromatic heterocycles. The lowest BCUT2D eigenvalue weighted by molar-refractivity contribution is 0.400. The van der Waals surface area contributed by atoms with Crippen LogP contribution in [-0.4, -0.2) is 38.9 Å². The third kappa shape index (κ3) is 7.62. The third-order valence-electron chi connectivity index (χ3n) is 8.76. The third-order valence-corrected chi connectivity index (χ3v) is 9.35. The molecule has 10 heteroatoms. The number of aromatic nitrogens is 4. The van der Waals surface area contributed by atoms with Gasteiger partial charge in [-0.15, -0.1) is 0 Å². The number of benzene rings is 4. The largest absolute Gasteiger partial charge is 0.341 e. The molecule has 0 radical (unpaired) electrons. The minimum Gasteiger partial charge on any atom is -0.341 e. The van der Waals surface area contributed by atoms with E-state index in [1.807, 2.05) is 41.0 Å². The summed E-state index contributed by atoms with van der Waals surface area (Å²) in [4.78, 5) is 16.5. The van der Waals surface area contributed by atoms with Crippen LogP contribution in [0, 0.1) is 12.8 Å². The Hall–Kier alpha value is -4.92. The molecule has 1 fully saturated rings. The maximum Gasteiger partial charge on any atom is 0.250 e. The molecule has 4 aromatic carbocycles. The molecule has 1 aliphatic rings. The smallest absolute Gasteiger partial charge is 0.250 e. The van der Waals surface area contributed by atoms with Gasteiger partial charge in [-0.05, 0) is 79.1 Å². The average Bonchev–Trinajstić information content (AvgIpc) is 3.45. The molecule has 6 aromatic rings. The molecule has 0 bridgehead atoms. The van der Waals surface area contributed by atoms with Crippen molar-refractivity contribution in [1.82, 2.24) is 19.5 Å². The number of anilines is 4. The first kappa shape index (κ1) is 31.7. The van der Waals surface area contributed by atoms with Crippen LogP contribution in [0.4, 0.5) is 23.5 Å². The SMILES string of the molecule is Cc1ccc(Nc2nc(N/N=C\n3cc(Cc4ccc(Cl)cc4Cl)c4ccccc43)nc(N3CCC(Cc4ccccc4)CC3)n2)cc1. The summed E-state index contributed by atoms with van der Waals surface area (Å²) in [6.07, 6.45) is 7.72. The van der Waals surface area contributed by atoms with Gasteiger partial charge in [0.15, 0.2) is 0 Å². The predicted octanol–water partition coefficient (Wildman–Crippen LogP) is 9.14. The van der Waals surface area contributed by atoms with Crippen LogP contribution in [0.25, 0.3) is 10.9 Å². The van der Waals surface area contributed by atoms with Gasteiger partial charge in [-0.25, -0.2) is 5.43 Å². The zero-order valence-electron chi connectivity index (χ0n) is 26.7. The molecule has 2 N–H and O–H groups in total. The quantitative estimate of drug-likeness (QED) is 0.0857. The molecule has 0 saturated carbocycles. The summed E-state index contributed by atoms with van der Waals surface area (Å²) in [6.45, 7) is 3.82. The fourth-order valence-electron chi connectivity index (χ4n) is 6.20. The lowest BCUT2D eigenvalue weighted by Crippen LogP contribution is -2.35. The summed E-state index contributed by atoms with van der Waals surface area (Å²) in [5.41, 5.74) is 9.72. The molecular weight excluding hydrogens is 639 g/mol. The zero-order valence-corrected chi connectivity index (χ0v) is 28.2. The Labute approximate surface area is 290 Å². The van der Waals surface area contributed by atoms with Crippen LogP contribution in [0.15, 0.2) is 108 Å². The minimum atomic E-state index is 0.363. The van der Waals surface area contributed by atoms with E-state index >= 15 is 0 Å². The molecule has 0 spiro atoms. The second kappa shape index (κ2) is 14.5. The van der Waals surface area contributed by atoms with Gasteiger partial charge in [0.25, 0.3) is 0 Å². The summed E-state index contributed by atoms with van der Waals surface area (Å²) < 4.78 is 1.99. The standard InChI is InChI=1S/C38H36Cl2N8/c1-26-11-15-32(16-12-26)42-36-43-37(45-38(44-36)47-19-17-28(18-20-47)21-27-7-3-2-4-8-27)46-41-25-48-24-30(33-9-5-6-10-35(33)48)22-29-13-14-31(39)23-34(29)40/h2-16,23-25,28H,17-22H2,1H3,(H2,42,43,44,45,46)/b41-25-. The first-order chi connectivity index (χ1) is 23.5. The summed E-state index contributed by atoms with van der Waals surface area (Å²) >= 11 is 12.6. The number of para-hydroxylation sites is 1. The number of nitrogens with one attached hydrogen (secondary N) is 2. The van der Waals surface area contributed by atoms with E-state index in [2.05, 4.69) is 93.4 Å². The molecule has 0 aliphatic carbocycles. The second-order valence-electron chi connectivity index (χ2n) is 12.2. The van der Waals surface area contributed by atoms with Gasteiger partial charge in [0.2, 0.25) is 17.8 Å². The van der Waals surface area contributed by atoms with E-state index in [9.17, 15) is 0 Å². The molecule has 242 valence electrons. The molecular formula is C38H36Cl2N8. The van der Waals surface area contributed by atoms with E-state index in [0.717, 1.165) is 60.1 Å². The van der Waals surface area contributed by atoms with E-state index in [0.29, 0.717) is 40.2 Å². The Morgan fingerprint density at radius 2 is 1.58 bits per heavy atom. The second-order valence-corrected chi connectivity index (χ2v) is 13.1. The highest BCUT2D eigenvalue weighted by molar-refractivity contribution is 6.35. The van der Waals surface area contributed by atoms with Gasteiger partial charge in [-0.3, -0.25) is 0 Å². The fourth-order valence-corrected chi connectivity index (χ4v) is 6.67. The van der Waals surface area contributed by atoms with Crippen molar-refractivity contribution in [1.29, 1.82) is 0 Å². The van der Waals surface area contributed by atoms with Crippen molar-refractivity contribution in [2.75, 3.05) is 28.7 Å². The van der Waals surface area contributed by atoms with Crippen LogP contribution in [0.2, 0.25) is 10.0 Å². The van der Waals surface area contributed by atoms with Gasteiger partial charge in [0.05, 0.1) is 5.52 Å². The molecule has 3 heterocycles. The number of aryl methyl sites for hydroxylation is 1. The Balaban J connectivity index is 1.11. The molecule has 48 heavy (non-hydrogen) atoms. The van der Waals surface area contributed by atoms with Crippen molar-refractivity contribution < 1.29 is 0 Å². The van der Waals surface area contributed by atoms with E-state index in [4.69, 9.17) is 33.2 Å². The highest BCUT2D eigenvalue weighted by Gasteiger charge is 2.22. The van der Waals surface area contributed by atoms with Gasteiger partial charge in [0.1, 0.15) is 6.34 Å². The highest BCUT2D eigenvalue weighted by Crippen LogP contribution is 2.29. The van der Waals surface area contributed by atoms with Gasteiger partial charge in [0, 0.05) is 46.8 Å². The van der Waals surface area contributed by atoms with Gasteiger partial charge >= 0.3 is 0 Å². The van der Waals surface area contributed by atoms with Crippen molar-refractivity contribution in [3.8, 4) is 0 Å². The van der Waals surface area contributed by atoms with Crippen molar-refractivity contribution in [3.63, 3.8) is 0 Å². The molecule has 1 aliphatic heterocycles. The van der Waals surface area contributed by atoms with Crippen LogP contribution in [0.5, 0.6) is 0 Å². The summed E-state index contributed by atoms with van der Waals surface area (Å²) in [6, 6.07) is 32.7. The van der Waals surface area contributed by atoms with Crippen LogP contribution < -0.4 is 15.6 Å². The monoisotopic (exact) mass is 674 g/mol. The van der Waals surface area contributed by atoms with Crippen LogP contribution >= 0.6 is 23.2 Å². The topological polar surface area (TPSA) is 83.3 Å². The number of hydrogen-bond donors (Lipinski definition) is 2. The van der Waals surface area contributed by atoms with E-state index in [1.165, 1.54) is 11.1 Å².